The second-order valence-corrected chi connectivity index (χ2v) is 11.4. The molecule has 0 aliphatic carbocycles. The second-order valence-electron chi connectivity index (χ2n) is 11.0. The van der Waals surface area contributed by atoms with Crippen LogP contribution in [0.4, 0.5) is 0 Å². The molecule has 0 bridgehead atoms. The van der Waals surface area contributed by atoms with Crippen molar-refractivity contribution in [3.63, 3.8) is 0 Å². The van der Waals surface area contributed by atoms with Gasteiger partial charge in [0, 0.05) is 18.7 Å². The maximum Gasteiger partial charge on any atom is 0.328 e. The Morgan fingerprint density at radius 3 is 2.08 bits per heavy atom. The van der Waals surface area contributed by atoms with Crippen LogP contribution >= 0.6 is 12.6 Å². The summed E-state index contributed by atoms with van der Waals surface area (Å²) in [5, 5.41) is 39.0. The molecule has 1 heterocycles. The van der Waals surface area contributed by atoms with Crippen molar-refractivity contribution in [2.45, 2.75) is 68.9 Å². The molecular formula is C29H41N7O11S. The Morgan fingerprint density at radius 1 is 0.896 bits per heavy atom. The largest absolute Gasteiger partial charge is 0.481 e. The van der Waals surface area contributed by atoms with Crippen LogP contribution in [0.3, 0.4) is 0 Å². The highest BCUT2D eigenvalue weighted by atomic mass is 32.1. The van der Waals surface area contributed by atoms with E-state index in [2.05, 4.69) is 33.9 Å². The number of nitrogens with zero attached hydrogens (tertiary/aromatic N) is 1. The molecular weight excluding hydrogens is 654 g/mol. The minimum Gasteiger partial charge on any atom is -0.481 e. The monoisotopic (exact) mass is 695 g/mol. The van der Waals surface area contributed by atoms with Gasteiger partial charge in [0.1, 0.15) is 30.2 Å². The van der Waals surface area contributed by atoms with Gasteiger partial charge in [-0.25, -0.2) is 4.79 Å². The number of hydrogen-bond acceptors (Lipinski definition) is 11. The molecule has 18 nitrogen and oxygen atoms in total. The molecule has 1 aromatic carbocycles. The number of amides is 6. The number of nitrogens with one attached hydrogen (secondary N) is 5. The normalized spacial score (nSPS) is 17.1. The lowest BCUT2D eigenvalue weighted by molar-refractivity contribution is -0.144. The molecule has 1 saturated heterocycles. The zero-order valence-corrected chi connectivity index (χ0v) is 27.0. The summed E-state index contributed by atoms with van der Waals surface area (Å²) in [6.45, 7) is 0.143. The van der Waals surface area contributed by atoms with Crippen LogP contribution < -0.4 is 32.3 Å². The van der Waals surface area contributed by atoms with Crippen molar-refractivity contribution < 1.29 is 53.7 Å². The summed E-state index contributed by atoms with van der Waals surface area (Å²) in [5.41, 5.74) is 6.22. The van der Waals surface area contributed by atoms with Crippen molar-refractivity contribution in [1.29, 1.82) is 0 Å². The van der Waals surface area contributed by atoms with Gasteiger partial charge >= 0.3 is 11.9 Å². The minimum absolute atomic E-state index is 0.0607. The van der Waals surface area contributed by atoms with Crippen molar-refractivity contribution in [2.24, 2.45) is 5.73 Å². The number of carbonyl (C=O) groups excluding carboxylic acids is 6. The van der Waals surface area contributed by atoms with E-state index in [0.717, 1.165) is 0 Å². The summed E-state index contributed by atoms with van der Waals surface area (Å²) in [6.07, 6.45) is -0.271. The number of thiol groups is 1. The summed E-state index contributed by atoms with van der Waals surface area (Å²) in [4.78, 5) is 101. The van der Waals surface area contributed by atoms with E-state index in [0.29, 0.717) is 12.0 Å². The highest BCUT2D eigenvalue weighted by Crippen LogP contribution is 2.20. The highest BCUT2D eigenvalue weighted by Gasteiger charge is 2.39. The SMILES string of the molecule is C[C@H](N)C(=O)NCC(=O)N[C@@H](Cc1ccccc1)C(=O)N1CCC[C@H]1C(=O)N[C@@H](CS)C(=O)N[C@@H](CC(=O)O)C(=O)N[C@@H](CO)C(=O)O. The number of likely N-dealkylation sites (tertiary alicyclic amines) is 1. The quantitative estimate of drug-likeness (QED) is 0.0660. The third-order valence-electron chi connectivity index (χ3n) is 7.22. The van der Waals surface area contributed by atoms with Crippen LogP contribution in [0.15, 0.2) is 30.3 Å². The molecule has 0 saturated carbocycles. The lowest BCUT2D eigenvalue weighted by Crippen LogP contribution is -2.59. The van der Waals surface area contributed by atoms with Crippen molar-refractivity contribution in [3.05, 3.63) is 35.9 Å². The number of nitrogens with two attached hydrogens (primary N) is 1. The number of rotatable bonds is 18. The average Bonchev–Trinajstić information content (AvgIpc) is 3.54. The van der Waals surface area contributed by atoms with E-state index in [9.17, 15) is 43.5 Å². The number of carboxylic acid groups (broad SMARTS) is 2. The number of benzene rings is 1. The zero-order chi connectivity index (χ0) is 36.0. The van der Waals surface area contributed by atoms with Crippen LogP contribution in [0.1, 0.15) is 31.7 Å². The second kappa shape index (κ2) is 19.2. The Labute approximate surface area is 280 Å². The van der Waals surface area contributed by atoms with Gasteiger partial charge in [-0.3, -0.25) is 33.6 Å². The van der Waals surface area contributed by atoms with Gasteiger partial charge in [0.25, 0.3) is 0 Å². The molecule has 0 spiro atoms. The van der Waals surface area contributed by atoms with Gasteiger partial charge < -0.3 is 52.5 Å². The fourth-order valence-electron chi connectivity index (χ4n) is 4.70. The summed E-state index contributed by atoms with van der Waals surface area (Å²) in [5.74, 6) is -8.22. The minimum atomic E-state index is -1.77. The third kappa shape index (κ3) is 12.1. The van der Waals surface area contributed by atoms with Crippen LogP contribution in [0.5, 0.6) is 0 Å². The fraction of sp³-hybridized carbons (Fsp3) is 0.517. The molecule has 1 fully saturated rings. The third-order valence-corrected chi connectivity index (χ3v) is 7.58. The average molecular weight is 696 g/mol. The molecule has 264 valence electrons. The van der Waals surface area contributed by atoms with Gasteiger partial charge in [-0.1, -0.05) is 30.3 Å². The van der Waals surface area contributed by atoms with Gasteiger partial charge in [0.05, 0.1) is 25.6 Å². The zero-order valence-electron chi connectivity index (χ0n) is 26.1. The maximum absolute atomic E-state index is 13.8. The highest BCUT2D eigenvalue weighted by molar-refractivity contribution is 7.80. The number of carbonyl (C=O) groups is 8. The van der Waals surface area contributed by atoms with E-state index in [-0.39, 0.29) is 25.1 Å². The van der Waals surface area contributed by atoms with E-state index in [4.69, 9.17) is 15.9 Å². The maximum atomic E-state index is 13.8. The lowest BCUT2D eigenvalue weighted by atomic mass is 10.0. The molecule has 6 atom stereocenters. The van der Waals surface area contributed by atoms with Crippen LogP contribution in [-0.2, 0) is 44.8 Å². The molecule has 10 N–H and O–H groups in total. The summed E-state index contributed by atoms with van der Waals surface area (Å²) in [6, 6.07) is 0.758. The lowest BCUT2D eigenvalue weighted by Gasteiger charge is -2.30. The molecule has 19 heteroatoms. The predicted octanol–water partition coefficient (Wildman–Crippen LogP) is -3.90. The van der Waals surface area contributed by atoms with E-state index in [1.54, 1.807) is 30.3 Å². The van der Waals surface area contributed by atoms with E-state index in [1.807, 2.05) is 5.32 Å². The smallest absolute Gasteiger partial charge is 0.328 e. The summed E-state index contributed by atoms with van der Waals surface area (Å²) >= 11 is 4.08. The molecule has 1 aliphatic rings. The first-order chi connectivity index (χ1) is 22.7. The molecule has 6 amide bonds. The number of aliphatic carboxylic acids is 2. The molecule has 48 heavy (non-hydrogen) atoms. The van der Waals surface area contributed by atoms with Gasteiger partial charge in [-0.15, -0.1) is 0 Å². The summed E-state index contributed by atoms with van der Waals surface area (Å²) < 4.78 is 0. The Bertz CT molecular complexity index is 1350. The molecule has 0 radical (unpaired) electrons. The van der Waals surface area contributed by atoms with Crippen molar-refractivity contribution in [1.82, 2.24) is 31.5 Å². The number of carboxylic acids is 2. The van der Waals surface area contributed by atoms with Crippen molar-refractivity contribution in [3.8, 4) is 0 Å². The fourth-order valence-corrected chi connectivity index (χ4v) is 4.96. The van der Waals surface area contributed by atoms with Crippen molar-refractivity contribution >= 4 is 60.0 Å². The molecule has 1 aliphatic heterocycles. The van der Waals surface area contributed by atoms with Gasteiger partial charge in [0.15, 0.2) is 0 Å². The molecule has 2 rings (SSSR count). The van der Waals surface area contributed by atoms with Crippen LogP contribution in [0.2, 0.25) is 0 Å². The molecule has 1 aromatic rings. The Balaban J connectivity index is 2.18. The van der Waals surface area contributed by atoms with Gasteiger partial charge in [0.2, 0.25) is 35.4 Å². The Kier molecular flexibility index (Phi) is 15.7. The molecule has 0 aromatic heterocycles. The summed E-state index contributed by atoms with van der Waals surface area (Å²) in [7, 11) is 0. The number of aliphatic hydroxyl groups is 1. The number of aliphatic hydroxyl groups excluding tert-OH is 1. The van der Waals surface area contributed by atoms with E-state index >= 15 is 0 Å². The predicted molar refractivity (Wildman–Crippen MR) is 170 cm³/mol. The topological polar surface area (TPSA) is 287 Å². The first-order valence-electron chi connectivity index (χ1n) is 14.9. The van der Waals surface area contributed by atoms with E-state index in [1.165, 1.54) is 11.8 Å². The Hall–Kier alpha value is -4.75. The van der Waals surface area contributed by atoms with Crippen molar-refractivity contribution in [2.75, 3.05) is 25.4 Å². The Morgan fingerprint density at radius 2 is 1.52 bits per heavy atom. The van der Waals surface area contributed by atoms with E-state index < -0.39 is 103 Å². The van der Waals surface area contributed by atoms with Gasteiger partial charge in [-0.2, -0.15) is 12.6 Å². The van der Waals surface area contributed by atoms with Crippen LogP contribution in [0, 0.1) is 0 Å². The van der Waals surface area contributed by atoms with Gasteiger partial charge in [-0.05, 0) is 25.3 Å². The van der Waals surface area contributed by atoms with Crippen LogP contribution in [0.25, 0.3) is 0 Å². The molecule has 0 unspecified atom stereocenters. The first-order valence-corrected chi connectivity index (χ1v) is 15.6. The van der Waals surface area contributed by atoms with Crippen LogP contribution in [-0.4, -0.2) is 129 Å². The number of hydrogen-bond donors (Lipinski definition) is 10. The standard InChI is InChI=1S/C29H41N7O11S/c1-15(30)24(41)31-12-22(38)32-18(10-16-6-3-2-4-7-16)28(45)36-9-5-8-21(36)27(44)35-20(14-48)26(43)33-17(11-23(39)40)25(42)34-19(13-37)29(46)47/h2-4,6-7,15,17-21,37,48H,5,8-14,30H2,1H3,(H,31,41)(H,32,38)(H,33,43)(H,34,42)(H,35,44)(H,39,40)(H,46,47)/t15-,17-,18-,19-,20-,21-/m0/s1. The first kappa shape index (κ1) is 39.4.